The van der Waals surface area contributed by atoms with E-state index in [0.29, 0.717) is 23.5 Å². The molecule has 29 heavy (non-hydrogen) atoms. The van der Waals surface area contributed by atoms with Crippen molar-refractivity contribution in [3.8, 4) is 0 Å². The van der Waals surface area contributed by atoms with E-state index in [1.165, 1.54) is 6.07 Å². The summed E-state index contributed by atoms with van der Waals surface area (Å²) in [4.78, 5) is 16.4. The molecule has 0 radical (unpaired) electrons. The van der Waals surface area contributed by atoms with Gasteiger partial charge in [-0.25, -0.2) is 0 Å². The number of benzene rings is 2. The second-order valence-electron chi connectivity index (χ2n) is 7.56. The first kappa shape index (κ1) is 22.7. The zero-order chi connectivity index (χ0) is 21.8. The smallest absolute Gasteiger partial charge is 0.373 e. The minimum atomic E-state index is -4.45. The maximum absolute atomic E-state index is 13.2. The third-order valence-electron chi connectivity index (χ3n) is 4.85. The molecule has 7 heteroatoms. The number of carbonyl (C=O) groups is 1. The van der Waals surface area contributed by atoms with Gasteiger partial charge < -0.3 is 15.1 Å². The molecule has 0 aliphatic rings. The monoisotopic (exact) mass is 407 g/mol. The number of alkyl halides is 3. The molecule has 1 N–H and O–H groups in total. The van der Waals surface area contributed by atoms with Gasteiger partial charge in [0.15, 0.2) is 0 Å². The molecule has 0 aliphatic carbocycles. The Morgan fingerprint density at radius 1 is 0.966 bits per heavy atom. The Morgan fingerprint density at radius 2 is 1.66 bits per heavy atom. The number of nitrogens with zero attached hydrogens (tertiary/aromatic N) is 2. The van der Waals surface area contributed by atoms with Gasteiger partial charge >= 0.3 is 6.18 Å². The highest BCUT2D eigenvalue weighted by molar-refractivity contribution is 6.06. The van der Waals surface area contributed by atoms with E-state index in [0.717, 1.165) is 36.2 Å². The first-order valence-corrected chi connectivity index (χ1v) is 9.44. The Balaban J connectivity index is 2.31. The molecule has 0 heterocycles. The average Bonchev–Trinajstić information content (AvgIpc) is 2.62. The normalized spacial score (nSPS) is 11.6. The first-order valence-electron chi connectivity index (χ1n) is 9.44. The Morgan fingerprint density at radius 3 is 2.24 bits per heavy atom. The van der Waals surface area contributed by atoms with Gasteiger partial charge in [-0.15, -0.1) is 0 Å². The molecule has 4 nitrogen and oxygen atoms in total. The number of hydrogen-bond acceptors (Lipinski definition) is 3. The van der Waals surface area contributed by atoms with Crippen LogP contribution in [0.4, 0.5) is 24.5 Å². The molecular formula is C22H28F3N3O. The SMILES string of the molecule is Cc1ccc(C(=O)Nc2ccc(C(F)(F)F)cc2N(C)CCCN(C)C)cc1C. The van der Waals surface area contributed by atoms with Crippen molar-refractivity contribution in [2.45, 2.75) is 26.4 Å². The summed E-state index contributed by atoms with van der Waals surface area (Å²) in [6, 6.07) is 8.74. The van der Waals surface area contributed by atoms with E-state index in [2.05, 4.69) is 5.32 Å². The Labute approximate surface area is 170 Å². The van der Waals surface area contributed by atoms with Crippen molar-refractivity contribution in [1.29, 1.82) is 0 Å². The molecule has 0 fully saturated rings. The van der Waals surface area contributed by atoms with Gasteiger partial charge in [0.1, 0.15) is 0 Å². The second-order valence-corrected chi connectivity index (χ2v) is 7.56. The van der Waals surface area contributed by atoms with Crippen LogP contribution in [-0.4, -0.2) is 45.0 Å². The lowest BCUT2D eigenvalue weighted by Crippen LogP contribution is -2.25. The van der Waals surface area contributed by atoms with Crippen LogP contribution in [0, 0.1) is 13.8 Å². The van der Waals surface area contributed by atoms with Gasteiger partial charge in [-0.3, -0.25) is 4.79 Å². The van der Waals surface area contributed by atoms with Gasteiger partial charge in [0.2, 0.25) is 0 Å². The molecule has 2 aromatic carbocycles. The topological polar surface area (TPSA) is 35.6 Å². The van der Waals surface area contributed by atoms with Crippen molar-refractivity contribution in [3.05, 3.63) is 58.7 Å². The Bertz CT molecular complexity index is 863. The molecule has 0 atom stereocenters. The minimum absolute atomic E-state index is 0.343. The van der Waals surface area contributed by atoms with E-state index in [1.807, 2.05) is 38.9 Å². The number of nitrogens with one attached hydrogen (secondary N) is 1. The largest absolute Gasteiger partial charge is 0.416 e. The number of hydrogen-bond donors (Lipinski definition) is 1. The number of halogens is 3. The molecular weight excluding hydrogens is 379 g/mol. The summed E-state index contributed by atoms with van der Waals surface area (Å²) in [7, 11) is 5.62. The van der Waals surface area contributed by atoms with Gasteiger partial charge in [-0.1, -0.05) is 6.07 Å². The molecule has 0 aromatic heterocycles. The van der Waals surface area contributed by atoms with Crippen LogP contribution in [0.15, 0.2) is 36.4 Å². The van der Waals surface area contributed by atoms with E-state index >= 15 is 0 Å². The molecule has 1 amide bonds. The molecule has 0 saturated carbocycles. The summed E-state index contributed by atoms with van der Waals surface area (Å²) in [6.45, 7) is 5.24. The van der Waals surface area contributed by atoms with Crippen LogP contribution in [-0.2, 0) is 6.18 Å². The summed E-state index contributed by atoms with van der Waals surface area (Å²) < 4.78 is 39.7. The van der Waals surface area contributed by atoms with E-state index < -0.39 is 11.7 Å². The summed E-state index contributed by atoms with van der Waals surface area (Å²) in [5.74, 6) is -0.351. The van der Waals surface area contributed by atoms with E-state index in [-0.39, 0.29) is 5.91 Å². The van der Waals surface area contributed by atoms with Crippen LogP contribution in [0.1, 0.15) is 33.5 Å². The maximum atomic E-state index is 13.2. The predicted octanol–water partition coefficient (Wildman–Crippen LogP) is 4.96. The molecule has 0 bridgehead atoms. The lowest BCUT2D eigenvalue weighted by atomic mass is 10.1. The van der Waals surface area contributed by atoms with Crippen LogP contribution in [0.2, 0.25) is 0 Å². The van der Waals surface area contributed by atoms with Crippen LogP contribution < -0.4 is 10.2 Å². The molecule has 0 saturated heterocycles. The lowest BCUT2D eigenvalue weighted by Gasteiger charge is -2.24. The summed E-state index contributed by atoms with van der Waals surface area (Å²) in [5, 5.41) is 2.77. The fourth-order valence-corrected chi connectivity index (χ4v) is 2.95. The van der Waals surface area contributed by atoms with Crippen molar-refractivity contribution in [1.82, 2.24) is 4.90 Å². The van der Waals surface area contributed by atoms with Crippen molar-refractivity contribution in [2.24, 2.45) is 0 Å². The number of aryl methyl sites for hydroxylation is 2. The van der Waals surface area contributed by atoms with E-state index in [4.69, 9.17) is 0 Å². The quantitative estimate of drug-likeness (QED) is 0.705. The standard InChI is InChI=1S/C22H28F3N3O/c1-15-7-8-17(13-16(15)2)21(29)26-19-10-9-18(22(23,24)25)14-20(19)28(5)12-6-11-27(3)4/h7-10,13-14H,6,11-12H2,1-5H3,(H,26,29). The summed E-state index contributed by atoms with van der Waals surface area (Å²) in [5.41, 5.74) is 2.47. The molecule has 2 aromatic rings. The van der Waals surface area contributed by atoms with Crippen LogP contribution in [0.5, 0.6) is 0 Å². The number of carbonyl (C=O) groups excluding carboxylic acids is 1. The predicted molar refractivity (Wildman–Crippen MR) is 112 cm³/mol. The van der Waals surface area contributed by atoms with Crippen molar-refractivity contribution < 1.29 is 18.0 Å². The molecule has 0 aliphatic heterocycles. The number of anilines is 2. The van der Waals surface area contributed by atoms with Gasteiger partial charge in [-0.05, 0) is 82.4 Å². The Hall–Kier alpha value is -2.54. The first-order chi connectivity index (χ1) is 13.5. The van der Waals surface area contributed by atoms with Gasteiger partial charge in [0.05, 0.1) is 16.9 Å². The van der Waals surface area contributed by atoms with Gasteiger partial charge in [0, 0.05) is 19.2 Å². The average molecular weight is 407 g/mol. The number of amides is 1. The number of rotatable bonds is 7. The molecule has 2 rings (SSSR count). The maximum Gasteiger partial charge on any atom is 0.416 e. The second kappa shape index (κ2) is 9.31. The fraction of sp³-hybridized carbons (Fsp3) is 0.409. The zero-order valence-electron chi connectivity index (χ0n) is 17.5. The highest BCUT2D eigenvalue weighted by Crippen LogP contribution is 2.35. The third kappa shape index (κ3) is 6.22. The Kier molecular flexibility index (Phi) is 7.30. The third-order valence-corrected chi connectivity index (χ3v) is 4.85. The zero-order valence-corrected chi connectivity index (χ0v) is 17.5. The summed E-state index contributed by atoms with van der Waals surface area (Å²) >= 11 is 0. The van der Waals surface area contributed by atoms with Crippen LogP contribution >= 0.6 is 0 Å². The molecule has 0 unspecified atom stereocenters. The van der Waals surface area contributed by atoms with Crippen molar-refractivity contribution >= 4 is 17.3 Å². The highest BCUT2D eigenvalue weighted by atomic mass is 19.4. The van der Waals surface area contributed by atoms with Gasteiger partial charge in [0.25, 0.3) is 5.91 Å². The van der Waals surface area contributed by atoms with Crippen LogP contribution in [0.3, 0.4) is 0 Å². The summed E-state index contributed by atoms with van der Waals surface area (Å²) in [6.07, 6.45) is -3.67. The van der Waals surface area contributed by atoms with E-state index in [1.54, 1.807) is 24.1 Å². The van der Waals surface area contributed by atoms with Gasteiger partial charge in [-0.2, -0.15) is 13.2 Å². The molecule has 158 valence electrons. The van der Waals surface area contributed by atoms with Crippen molar-refractivity contribution in [2.75, 3.05) is 44.4 Å². The van der Waals surface area contributed by atoms with Crippen molar-refractivity contribution in [3.63, 3.8) is 0 Å². The minimum Gasteiger partial charge on any atom is -0.373 e. The van der Waals surface area contributed by atoms with E-state index in [9.17, 15) is 18.0 Å². The molecule has 0 spiro atoms. The van der Waals surface area contributed by atoms with Crippen LogP contribution in [0.25, 0.3) is 0 Å². The highest BCUT2D eigenvalue weighted by Gasteiger charge is 2.31. The fourth-order valence-electron chi connectivity index (χ4n) is 2.95. The lowest BCUT2D eigenvalue weighted by molar-refractivity contribution is -0.137.